The molecule has 6 heteroatoms. The molecule has 3 N–H and O–H groups in total. The van der Waals surface area contributed by atoms with Crippen molar-refractivity contribution in [3.05, 3.63) is 18.6 Å². The molecule has 0 saturated heterocycles. The van der Waals surface area contributed by atoms with Gasteiger partial charge in [0.1, 0.15) is 11.9 Å². The Hall–Kier alpha value is -1.14. The van der Waals surface area contributed by atoms with Gasteiger partial charge in [-0.15, -0.1) is 11.8 Å². The van der Waals surface area contributed by atoms with Crippen LogP contribution in [0.3, 0.4) is 0 Å². The highest BCUT2D eigenvalue weighted by Crippen LogP contribution is 2.38. The van der Waals surface area contributed by atoms with Crippen LogP contribution in [0.15, 0.2) is 23.6 Å². The molecular weight excluding hydrogens is 226 g/mol. The SMILES string of the molecule is NC1(C(=O)O)CCC(Sc2ccncn2)C1. The van der Waals surface area contributed by atoms with E-state index in [1.165, 1.54) is 6.33 Å². The Balaban J connectivity index is 1.98. The largest absolute Gasteiger partial charge is 0.480 e. The van der Waals surface area contributed by atoms with Crippen molar-refractivity contribution in [1.82, 2.24) is 9.97 Å². The Morgan fingerprint density at radius 3 is 3.06 bits per heavy atom. The minimum Gasteiger partial charge on any atom is -0.480 e. The first-order valence-electron chi connectivity index (χ1n) is 5.05. The molecule has 2 atom stereocenters. The predicted octanol–water partition coefficient (Wildman–Crippen LogP) is 0.903. The number of carboxylic acid groups (broad SMARTS) is 1. The molecule has 0 spiro atoms. The molecule has 0 bridgehead atoms. The first-order chi connectivity index (χ1) is 7.60. The molecular formula is C10H13N3O2S. The zero-order chi connectivity index (χ0) is 11.6. The van der Waals surface area contributed by atoms with E-state index < -0.39 is 11.5 Å². The second-order valence-electron chi connectivity index (χ2n) is 3.99. The van der Waals surface area contributed by atoms with Crippen LogP contribution in [0.2, 0.25) is 0 Å². The second kappa shape index (κ2) is 4.39. The van der Waals surface area contributed by atoms with Gasteiger partial charge in [-0.2, -0.15) is 0 Å². The number of thioether (sulfide) groups is 1. The van der Waals surface area contributed by atoms with Crippen molar-refractivity contribution in [2.75, 3.05) is 0 Å². The smallest absolute Gasteiger partial charge is 0.323 e. The zero-order valence-corrected chi connectivity index (χ0v) is 9.48. The number of aliphatic carboxylic acids is 1. The highest BCUT2D eigenvalue weighted by atomic mass is 32.2. The third kappa shape index (κ3) is 2.33. The number of carboxylic acids is 1. The molecule has 1 aromatic heterocycles. The summed E-state index contributed by atoms with van der Waals surface area (Å²) in [7, 11) is 0. The molecule has 0 amide bonds. The molecule has 86 valence electrons. The third-order valence-corrected chi connectivity index (χ3v) is 3.99. The lowest BCUT2D eigenvalue weighted by molar-refractivity contribution is -0.143. The summed E-state index contributed by atoms with van der Waals surface area (Å²) in [5, 5.41) is 10.1. The number of carbonyl (C=O) groups is 1. The Kier molecular flexibility index (Phi) is 3.11. The van der Waals surface area contributed by atoms with Gasteiger partial charge in [0.05, 0.1) is 5.03 Å². The summed E-state index contributed by atoms with van der Waals surface area (Å²) in [6.45, 7) is 0. The lowest BCUT2D eigenvalue weighted by Crippen LogP contribution is -2.45. The van der Waals surface area contributed by atoms with Gasteiger partial charge in [0.25, 0.3) is 0 Å². The van der Waals surface area contributed by atoms with Gasteiger partial charge in [0.15, 0.2) is 0 Å². The van der Waals surface area contributed by atoms with Crippen molar-refractivity contribution in [2.45, 2.75) is 35.1 Å². The van der Waals surface area contributed by atoms with E-state index in [1.807, 2.05) is 6.07 Å². The van der Waals surface area contributed by atoms with Crippen LogP contribution in [0.25, 0.3) is 0 Å². The van der Waals surface area contributed by atoms with E-state index in [4.69, 9.17) is 10.8 Å². The first-order valence-corrected chi connectivity index (χ1v) is 5.93. The van der Waals surface area contributed by atoms with Crippen LogP contribution in [-0.2, 0) is 4.79 Å². The van der Waals surface area contributed by atoms with Crippen LogP contribution in [0.4, 0.5) is 0 Å². The van der Waals surface area contributed by atoms with Gasteiger partial charge in [0, 0.05) is 11.4 Å². The third-order valence-electron chi connectivity index (χ3n) is 2.77. The van der Waals surface area contributed by atoms with E-state index in [9.17, 15) is 4.79 Å². The quantitative estimate of drug-likeness (QED) is 0.762. The van der Waals surface area contributed by atoms with Gasteiger partial charge in [-0.3, -0.25) is 4.79 Å². The molecule has 1 heterocycles. The number of hydrogen-bond acceptors (Lipinski definition) is 5. The van der Waals surface area contributed by atoms with Crippen molar-refractivity contribution in [3.63, 3.8) is 0 Å². The Morgan fingerprint density at radius 1 is 1.69 bits per heavy atom. The van der Waals surface area contributed by atoms with Gasteiger partial charge >= 0.3 is 5.97 Å². The molecule has 0 aromatic carbocycles. The average Bonchev–Trinajstić information content (AvgIpc) is 2.63. The van der Waals surface area contributed by atoms with Crippen LogP contribution in [-0.4, -0.2) is 31.8 Å². The summed E-state index contributed by atoms with van der Waals surface area (Å²) in [6.07, 6.45) is 5.01. The van der Waals surface area contributed by atoms with E-state index in [0.717, 1.165) is 11.4 Å². The number of aromatic nitrogens is 2. The fraction of sp³-hybridized carbons (Fsp3) is 0.500. The Morgan fingerprint density at radius 2 is 2.50 bits per heavy atom. The maximum Gasteiger partial charge on any atom is 0.323 e. The molecule has 5 nitrogen and oxygen atoms in total. The predicted molar refractivity (Wildman–Crippen MR) is 60.1 cm³/mol. The molecule has 0 radical (unpaired) electrons. The maximum absolute atomic E-state index is 11.0. The van der Waals surface area contributed by atoms with Crippen LogP contribution >= 0.6 is 11.8 Å². The standard InChI is InChI=1S/C10H13N3O2S/c11-10(9(14)15)3-1-7(5-10)16-8-2-4-12-6-13-8/h2,4,6-7H,1,3,5,11H2,(H,14,15). The maximum atomic E-state index is 11.0. The Labute approximate surface area is 97.5 Å². The zero-order valence-electron chi connectivity index (χ0n) is 8.67. The van der Waals surface area contributed by atoms with Crippen molar-refractivity contribution in [2.24, 2.45) is 5.73 Å². The van der Waals surface area contributed by atoms with Gasteiger partial charge < -0.3 is 10.8 Å². The lowest BCUT2D eigenvalue weighted by atomic mass is 10.0. The van der Waals surface area contributed by atoms with Gasteiger partial charge in [-0.25, -0.2) is 9.97 Å². The number of rotatable bonds is 3. The van der Waals surface area contributed by atoms with E-state index in [-0.39, 0.29) is 5.25 Å². The van der Waals surface area contributed by atoms with Gasteiger partial charge in [0.2, 0.25) is 0 Å². The highest BCUT2D eigenvalue weighted by molar-refractivity contribution is 7.99. The monoisotopic (exact) mass is 239 g/mol. The summed E-state index contributed by atoms with van der Waals surface area (Å²) in [4.78, 5) is 18.9. The van der Waals surface area contributed by atoms with Crippen molar-refractivity contribution >= 4 is 17.7 Å². The van der Waals surface area contributed by atoms with Crippen LogP contribution in [0, 0.1) is 0 Å². The van der Waals surface area contributed by atoms with Crippen molar-refractivity contribution in [3.8, 4) is 0 Å². The summed E-state index contributed by atoms with van der Waals surface area (Å²) in [6, 6.07) is 1.82. The topological polar surface area (TPSA) is 89.1 Å². The van der Waals surface area contributed by atoms with Gasteiger partial charge in [-0.05, 0) is 25.3 Å². The second-order valence-corrected chi connectivity index (χ2v) is 5.31. The van der Waals surface area contributed by atoms with Crippen molar-refractivity contribution < 1.29 is 9.90 Å². The molecule has 0 aliphatic heterocycles. The number of nitrogens with two attached hydrogens (primary N) is 1. The van der Waals surface area contributed by atoms with Crippen LogP contribution < -0.4 is 5.73 Å². The van der Waals surface area contributed by atoms with E-state index in [1.54, 1.807) is 18.0 Å². The average molecular weight is 239 g/mol. The molecule has 2 rings (SSSR count). The highest BCUT2D eigenvalue weighted by Gasteiger charge is 2.42. The normalized spacial score (nSPS) is 29.2. The summed E-state index contributed by atoms with van der Waals surface area (Å²) in [5.41, 5.74) is 4.75. The summed E-state index contributed by atoms with van der Waals surface area (Å²) < 4.78 is 0. The molecule has 1 aromatic rings. The van der Waals surface area contributed by atoms with Crippen LogP contribution in [0.1, 0.15) is 19.3 Å². The molecule has 1 fully saturated rings. The lowest BCUT2D eigenvalue weighted by Gasteiger charge is -2.17. The van der Waals surface area contributed by atoms with Gasteiger partial charge in [-0.1, -0.05) is 0 Å². The summed E-state index contributed by atoms with van der Waals surface area (Å²) in [5.74, 6) is -0.904. The Bertz CT molecular complexity index is 387. The molecule has 1 aliphatic carbocycles. The van der Waals surface area contributed by atoms with Crippen molar-refractivity contribution in [1.29, 1.82) is 0 Å². The first kappa shape index (κ1) is 11.3. The fourth-order valence-corrected chi connectivity index (χ4v) is 3.05. The minimum absolute atomic E-state index is 0.232. The minimum atomic E-state index is -1.05. The molecule has 1 saturated carbocycles. The fourth-order valence-electron chi connectivity index (χ4n) is 1.84. The van der Waals surface area contributed by atoms with E-state index >= 15 is 0 Å². The van der Waals surface area contributed by atoms with E-state index in [2.05, 4.69) is 9.97 Å². The van der Waals surface area contributed by atoms with Crippen LogP contribution in [0.5, 0.6) is 0 Å². The molecule has 16 heavy (non-hydrogen) atoms. The number of nitrogens with zero attached hydrogens (tertiary/aromatic N) is 2. The van der Waals surface area contributed by atoms with E-state index in [0.29, 0.717) is 12.8 Å². The summed E-state index contributed by atoms with van der Waals surface area (Å²) >= 11 is 1.58. The number of hydrogen-bond donors (Lipinski definition) is 2. The molecule has 2 unspecified atom stereocenters. The molecule has 1 aliphatic rings.